The van der Waals surface area contributed by atoms with Crippen LogP contribution in [0.5, 0.6) is 5.75 Å². The van der Waals surface area contributed by atoms with Crippen LogP contribution in [0.15, 0.2) is 21.1 Å². The standard InChI is InChI=1S/C12H11BrF2N2O2/c1-6(2)12-16-10(17-19-12)5-18-9-4-7(13)3-8(14)11(9)15/h3-4,6H,5H2,1-2H3. The highest BCUT2D eigenvalue weighted by atomic mass is 79.9. The lowest BCUT2D eigenvalue weighted by Crippen LogP contribution is -2.01. The molecule has 0 saturated heterocycles. The number of ether oxygens (including phenoxy) is 1. The highest BCUT2D eigenvalue weighted by molar-refractivity contribution is 9.10. The molecule has 102 valence electrons. The third-order valence-electron chi connectivity index (χ3n) is 2.29. The van der Waals surface area contributed by atoms with Gasteiger partial charge in [-0.2, -0.15) is 9.37 Å². The summed E-state index contributed by atoms with van der Waals surface area (Å²) in [5, 5.41) is 3.69. The van der Waals surface area contributed by atoms with Gasteiger partial charge in [0.2, 0.25) is 17.5 Å². The predicted molar refractivity (Wildman–Crippen MR) is 66.8 cm³/mol. The van der Waals surface area contributed by atoms with Crippen molar-refractivity contribution in [2.75, 3.05) is 0 Å². The van der Waals surface area contributed by atoms with Gasteiger partial charge in [-0.05, 0) is 12.1 Å². The lowest BCUT2D eigenvalue weighted by Gasteiger charge is -2.05. The van der Waals surface area contributed by atoms with Crippen LogP contribution in [0.2, 0.25) is 0 Å². The molecule has 0 saturated carbocycles. The molecule has 0 aliphatic carbocycles. The molecule has 1 heterocycles. The van der Waals surface area contributed by atoms with Crippen molar-refractivity contribution >= 4 is 15.9 Å². The molecule has 19 heavy (non-hydrogen) atoms. The fourth-order valence-corrected chi connectivity index (χ4v) is 1.75. The molecule has 4 nitrogen and oxygen atoms in total. The first-order valence-electron chi connectivity index (χ1n) is 5.57. The molecule has 1 aromatic carbocycles. The van der Waals surface area contributed by atoms with Crippen molar-refractivity contribution in [1.82, 2.24) is 10.1 Å². The lowest BCUT2D eigenvalue weighted by molar-refractivity contribution is 0.267. The second-order valence-corrected chi connectivity index (χ2v) is 5.11. The normalized spacial score (nSPS) is 11.1. The van der Waals surface area contributed by atoms with E-state index in [1.807, 2.05) is 13.8 Å². The quantitative estimate of drug-likeness (QED) is 0.799. The smallest absolute Gasteiger partial charge is 0.229 e. The summed E-state index contributed by atoms with van der Waals surface area (Å²) in [4.78, 5) is 4.07. The van der Waals surface area contributed by atoms with Crippen molar-refractivity contribution in [3.63, 3.8) is 0 Å². The Morgan fingerprint density at radius 3 is 2.74 bits per heavy atom. The van der Waals surface area contributed by atoms with E-state index in [9.17, 15) is 8.78 Å². The summed E-state index contributed by atoms with van der Waals surface area (Å²) in [5.74, 6) is -1.39. The predicted octanol–water partition coefficient (Wildman–Crippen LogP) is 3.81. The molecule has 0 unspecified atom stereocenters. The summed E-state index contributed by atoms with van der Waals surface area (Å²) in [6.07, 6.45) is 0. The number of nitrogens with zero attached hydrogens (tertiary/aromatic N) is 2. The molecular formula is C12H11BrF2N2O2. The summed E-state index contributed by atoms with van der Waals surface area (Å²) >= 11 is 3.06. The van der Waals surface area contributed by atoms with Crippen molar-refractivity contribution < 1.29 is 18.0 Å². The maximum absolute atomic E-state index is 13.4. The van der Waals surface area contributed by atoms with Gasteiger partial charge >= 0.3 is 0 Å². The molecule has 0 spiro atoms. The van der Waals surface area contributed by atoms with Gasteiger partial charge in [0, 0.05) is 10.4 Å². The Balaban J connectivity index is 2.10. The molecule has 0 amide bonds. The minimum atomic E-state index is -1.05. The highest BCUT2D eigenvalue weighted by Gasteiger charge is 2.14. The van der Waals surface area contributed by atoms with Crippen LogP contribution in [-0.2, 0) is 6.61 Å². The molecule has 2 rings (SSSR count). The largest absolute Gasteiger partial charge is 0.482 e. The average Bonchev–Trinajstić information content (AvgIpc) is 2.81. The van der Waals surface area contributed by atoms with Crippen LogP contribution in [-0.4, -0.2) is 10.1 Å². The van der Waals surface area contributed by atoms with Gasteiger partial charge in [0.1, 0.15) is 0 Å². The van der Waals surface area contributed by atoms with Crippen LogP contribution in [0.25, 0.3) is 0 Å². The Labute approximate surface area is 116 Å². The molecule has 7 heteroatoms. The van der Waals surface area contributed by atoms with Crippen molar-refractivity contribution in [3.8, 4) is 5.75 Å². The van der Waals surface area contributed by atoms with Crippen LogP contribution in [0.1, 0.15) is 31.5 Å². The van der Waals surface area contributed by atoms with E-state index in [0.29, 0.717) is 10.4 Å². The summed E-state index contributed by atoms with van der Waals surface area (Å²) in [7, 11) is 0. The first-order valence-corrected chi connectivity index (χ1v) is 6.36. The van der Waals surface area contributed by atoms with Gasteiger partial charge in [-0.25, -0.2) is 4.39 Å². The van der Waals surface area contributed by atoms with E-state index >= 15 is 0 Å². The van der Waals surface area contributed by atoms with Gasteiger partial charge in [0.15, 0.2) is 18.2 Å². The van der Waals surface area contributed by atoms with Crippen LogP contribution in [0, 0.1) is 11.6 Å². The Hall–Kier alpha value is -1.50. The van der Waals surface area contributed by atoms with Gasteiger partial charge in [0.05, 0.1) is 0 Å². The Bertz CT molecular complexity index is 587. The van der Waals surface area contributed by atoms with Gasteiger partial charge in [-0.15, -0.1) is 0 Å². The highest BCUT2D eigenvalue weighted by Crippen LogP contribution is 2.26. The van der Waals surface area contributed by atoms with Crippen LogP contribution < -0.4 is 4.74 Å². The van der Waals surface area contributed by atoms with E-state index in [2.05, 4.69) is 26.1 Å². The van der Waals surface area contributed by atoms with Crippen molar-refractivity contribution in [3.05, 3.63) is 40.0 Å². The molecule has 0 bridgehead atoms. The molecule has 1 aromatic heterocycles. The zero-order chi connectivity index (χ0) is 14.0. The van der Waals surface area contributed by atoms with E-state index in [4.69, 9.17) is 9.26 Å². The fourth-order valence-electron chi connectivity index (χ4n) is 1.34. The summed E-state index contributed by atoms with van der Waals surface area (Å²) in [6, 6.07) is 2.36. The van der Waals surface area contributed by atoms with E-state index in [1.165, 1.54) is 6.07 Å². The minimum absolute atomic E-state index is 0.0942. The molecular weight excluding hydrogens is 322 g/mol. The van der Waals surface area contributed by atoms with E-state index in [-0.39, 0.29) is 24.1 Å². The van der Waals surface area contributed by atoms with Crippen LogP contribution >= 0.6 is 15.9 Å². The number of rotatable bonds is 4. The zero-order valence-corrected chi connectivity index (χ0v) is 11.9. The monoisotopic (exact) mass is 332 g/mol. The van der Waals surface area contributed by atoms with Crippen molar-refractivity contribution in [2.24, 2.45) is 0 Å². The van der Waals surface area contributed by atoms with Gasteiger partial charge in [-0.1, -0.05) is 34.9 Å². The Morgan fingerprint density at radius 1 is 1.37 bits per heavy atom. The third kappa shape index (κ3) is 3.28. The number of benzene rings is 1. The molecule has 0 fully saturated rings. The third-order valence-corrected chi connectivity index (χ3v) is 2.75. The minimum Gasteiger partial charge on any atom is -0.482 e. The lowest BCUT2D eigenvalue weighted by atomic mass is 10.2. The van der Waals surface area contributed by atoms with Crippen molar-refractivity contribution in [1.29, 1.82) is 0 Å². The summed E-state index contributed by atoms with van der Waals surface area (Å²) in [6.45, 7) is 3.71. The fraction of sp³-hybridized carbons (Fsp3) is 0.333. The molecule has 0 aliphatic rings. The maximum atomic E-state index is 13.4. The number of hydrogen-bond donors (Lipinski definition) is 0. The second-order valence-electron chi connectivity index (χ2n) is 4.19. The van der Waals surface area contributed by atoms with Gasteiger partial charge in [-0.3, -0.25) is 0 Å². The summed E-state index contributed by atoms with van der Waals surface area (Å²) in [5.41, 5.74) is 0. The molecule has 0 atom stereocenters. The van der Waals surface area contributed by atoms with E-state index in [1.54, 1.807) is 0 Å². The second kappa shape index (κ2) is 5.64. The number of halogens is 3. The molecule has 0 N–H and O–H groups in total. The molecule has 2 aromatic rings. The van der Waals surface area contributed by atoms with E-state index in [0.717, 1.165) is 6.07 Å². The van der Waals surface area contributed by atoms with E-state index < -0.39 is 11.6 Å². The number of aromatic nitrogens is 2. The van der Waals surface area contributed by atoms with Gasteiger partial charge in [0.25, 0.3) is 0 Å². The zero-order valence-electron chi connectivity index (χ0n) is 10.3. The maximum Gasteiger partial charge on any atom is 0.229 e. The van der Waals surface area contributed by atoms with Crippen LogP contribution in [0.3, 0.4) is 0 Å². The number of hydrogen-bond acceptors (Lipinski definition) is 4. The molecule has 0 aliphatic heterocycles. The SMILES string of the molecule is CC(C)c1nc(COc2cc(Br)cc(F)c2F)no1. The topological polar surface area (TPSA) is 48.2 Å². The summed E-state index contributed by atoms with van der Waals surface area (Å²) < 4.78 is 37.1. The Kier molecular flexibility index (Phi) is 4.14. The van der Waals surface area contributed by atoms with Crippen molar-refractivity contribution in [2.45, 2.75) is 26.4 Å². The van der Waals surface area contributed by atoms with Gasteiger partial charge < -0.3 is 9.26 Å². The first-order chi connectivity index (χ1) is 8.97. The molecule has 0 radical (unpaired) electrons. The average molecular weight is 333 g/mol. The Morgan fingerprint density at radius 2 is 2.11 bits per heavy atom. The van der Waals surface area contributed by atoms with Crippen LogP contribution in [0.4, 0.5) is 8.78 Å². The first kappa shape index (κ1) is 13.9.